The van der Waals surface area contributed by atoms with Gasteiger partial charge in [-0.25, -0.2) is 0 Å². The highest BCUT2D eigenvalue weighted by atomic mass is 127. The molecule has 0 saturated carbocycles. The minimum Gasteiger partial charge on any atom is -0.356 e. The van der Waals surface area contributed by atoms with Crippen molar-refractivity contribution in [3.8, 4) is 0 Å². The fraction of sp³-hybridized carbons (Fsp3) is 0.333. The number of amides is 1. The number of carbonyl (C=O) groups excluding carboxylic acids is 1. The van der Waals surface area contributed by atoms with Crippen LogP contribution < -0.4 is 16.0 Å². The molecule has 8 heteroatoms. The molecule has 0 saturated heterocycles. The van der Waals surface area contributed by atoms with E-state index in [1.807, 2.05) is 18.2 Å². The summed E-state index contributed by atoms with van der Waals surface area (Å²) in [6.45, 7) is 2.21. The number of aliphatic imine (C=N–C) groups is 1. The molecule has 0 aliphatic carbocycles. The second-order valence-electron chi connectivity index (χ2n) is 5.37. The van der Waals surface area contributed by atoms with Crippen LogP contribution in [-0.2, 0) is 6.42 Å². The van der Waals surface area contributed by atoms with Crippen LogP contribution in [0, 0.1) is 0 Å². The molecule has 0 aliphatic heterocycles. The molecular formula is C18H24BrIN4OS. The van der Waals surface area contributed by atoms with Gasteiger partial charge in [0.1, 0.15) is 0 Å². The Bertz CT molecular complexity index is 694. The SMILES string of the molecule is CN=C(NCCCNC(=O)c1cccc(Br)c1)NCCc1cccs1.I. The second kappa shape index (κ2) is 13.1. The van der Waals surface area contributed by atoms with E-state index in [4.69, 9.17) is 0 Å². The highest BCUT2D eigenvalue weighted by Gasteiger charge is 2.04. The molecule has 1 heterocycles. The van der Waals surface area contributed by atoms with E-state index in [0.717, 1.165) is 36.4 Å². The first-order valence-electron chi connectivity index (χ1n) is 8.19. The predicted octanol–water partition coefficient (Wildman–Crippen LogP) is 3.66. The lowest BCUT2D eigenvalue weighted by molar-refractivity contribution is 0.0953. The number of hydrogen-bond donors (Lipinski definition) is 3. The van der Waals surface area contributed by atoms with Gasteiger partial charge in [0.15, 0.2) is 5.96 Å². The molecule has 142 valence electrons. The van der Waals surface area contributed by atoms with E-state index in [9.17, 15) is 4.79 Å². The summed E-state index contributed by atoms with van der Waals surface area (Å²) in [5, 5.41) is 11.6. The van der Waals surface area contributed by atoms with Gasteiger partial charge in [-0.2, -0.15) is 0 Å². The summed E-state index contributed by atoms with van der Waals surface area (Å²) >= 11 is 5.14. The van der Waals surface area contributed by atoms with Crippen LogP contribution in [0.15, 0.2) is 51.2 Å². The van der Waals surface area contributed by atoms with Crippen LogP contribution in [0.4, 0.5) is 0 Å². The number of thiophene rings is 1. The van der Waals surface area contributed by atoms with Crippen molar-refractivity contribution in [1.82, 2.24) is 16.0 Å². The molecule has 2 rings (SSSR count). The molecule has 0 fully saturated rings. The number of nitrogens with one attached hydrogen (secondary N) is 3. The van der Waals surface area contributed by atoms with E-state index in [0.29, 0.717) is 12.1 Å². The summed E-state index contributed by atoms with van der Waals surface area (Å²) in [5.74, 6) is 0.731. The smallest absolute Gasteiger partial charge is 0.251 e. The highest BCUT2D eigenvalue weighted by Crippen LogP contribution is 2.11. The number of guanidine groups is 1. The van der Waals surface area contributed by atoms with Crippen molar-refractivity contribution in [1.29, 1.82) is 0 Å². The van der Waals surface area contributed by atoms with Gasteiger partial charge in [-0.05, 0) is 42.5 Å². The van der Waals surface area contributed by atoms with Crippen molar-refractivity contribution in [2.75, 3.05) is 26.7 Å². The van der Waals surface area contributed by atoms with Crippen molar-refractivity contribution in [3.05, 3.63) is 56.7 Å². The summed E-state index contributed by atoms with van der Waals surface area (Å²) < 4.78 is 0.902. The standard InChI is InChI=1S/C18H23BrN4OS.HI/c1-20-18(23-11-8-16-7-3-12-25-16)22-10-4-9-21-17(24)14-5-2-6-15(19)13-14;/h2-3,5-7,12-13H,4,8-11H2,1H3,(H,21,24)(H2,20,22,23);1H. The molecule has 0 bridgehead atoms. The van der Waals surface area contributed by atoms with E-state index < -0.39 is 0 Å². The van der Waals surface area contributed by atoms with Gasteiger partial charge in [0.2, 0.25) is 0 Å². The van der Waals surface area contributed by atoms with Crippen LogP contribution >= 0.6 is 51.2 Å². The lowest BCUT2D eigenvalue weighted by Crippen LogP contribution is -2.39. The number of hydrogen-bond acceptors (Lipinski definition) is 3. The first-order chi connectivity index (χ1) is 12.2. The first-order valence-corrected chi connectivity index (χ1v) is 9.87. The van der Waals surface area contributed by atoms with Gasteiger partial charge < -0.3 is 16.0 Å². The fourth-order valence-corrected chi connectivity index (χ4v) is 3.32. The Balaban J connectivity index is 0.00000338. The van der Waals surface area contributed by atoms with E-state index in [1.165, 1.54) is 4.88 Å². The molecule has 5 nitrogen and oxygen atoms in total. The summed E-state index contributed by atoms with van der Waals surface area (Å²) in [6, 6.07) is 11.6. The van der Waals surface area contributed by atoms with Crippen LogP contribution in [0.25, 0.3) is 0 Å². The fourth-order valence-electron chi connectivity index (χ4n) is 2.21. The molecule has 0 aliphatic rings. The van der Waals surface area contributed by atoms with Crippen LogP contribution in [0.5, 0.6) is 0 Å². The van der Waals surface area contributed by atoms with Crippen molar-refractivity contribution >= 4 is 63.1 Å². The Morgan fingerprint density at radius 3 is 2.58 bits per heavy atom. The molecule has 0 unspecified atom stereocenters. The maximum atomic E-state index is 12.0. The van der Waals surface area contributed by atoms with E-state index in [2.05, 4.69) is 54.4 Å². The summed E-state index contributed by atoms with van der Waals surface area (Å²) in [6.07, 6.45) is 1.81. The highest BCUT2D eigenvalue weighted by molar-refractivity contribution is 14.0. The average Bonchev–Trinajstić information content (AvgIpc) is 3.13. The van der Waals surface area contributed by atoms with Crippen LogP contribution in [0.1, 0.15) is 21.7 Å². The van der Waals surface area contributed by atoms with Gasteiger partial charge in [-0.1, -0.05) is 28.1 Å². The normalized spacial score (nSPS) is 10.8. The summed E-state index contributed by atoms with van der Waals surface area (Å²) in [5.41, 5.74) is 0.661. The van der Waals surface area contributed by atoms with E-state index in [1.54, 1.807) is 24.5 Å². The van der Waals surface area contributed by atoms with E-state index in [-0.39, 0.29) is 29.9 Å². The zero-order valence-corrected chi connectivity index (χ0v) is 19.4. The molecule has 1 amide bonds. The molecule has 0 atom stereocenters. The van der Waals surface area contributed by atoms with Gasteiger partial charge in [0.25, 0.3) is 5.91 Å². The Hall–Kier alpha value is -1.13. The first kappa shape index (κ1) is 22.9. The minimum absolute atomic E-state index is 0. The molecule has 1 aromatic heterocycles. The van der Waals surface area contributed by atoms with Crippen molar-refractivity contribution in [2.45, 2.75) is 12.8 Å². The largest absolute Gasteiger partial charge is 0.356 e. The molecule has 0 radical (unpaired) electrons. The number of rotatable bonds is 8. The number of nitrogens with zero attached hydrogens (tertiary/aromatic N) is 1. The monoisotopic (exact) mass is 550 g/mol. The Kier molecular flexibility index (Phi) is 11.5. The van der Waals surface area contributed by atoms with Crippen LogP contribution in [0.2, 0.25) is 0 Å². The zero-order chi connectivity index (χ0) is 17.9. The van der Waals surface area contributed by atoms with Gasteiger partial charge >= 0.3 is 0 Å². The molecule has 0 spiro atoms. The summed E-state index contributed by atoms with van der Waals surface area (Å²) in [4.78, 5) is 17.6. The third-order valence-electron chi connectivity index (χ3n) is 3.49. The number of benzene rings is 1. The zero-order valence-electron chi connectivity index (χ0n) is 14.6. The van der Waals surface area contributed by atoms with Crippen molar-refractivity contribution in [2.24, 2.45) is 4.99 Å². The van der Waals surface area contributed by atoms with Gasteiger partial charge in [-0.3, -0.25) is 9.79 Å². The quantitative estimate of drug-likeness (QED) is 0.203. The maximum Gasteiger partial charge on any atom is 0.251 e. The Morgan fingerprint density at radius 2 is 1.88 bits per heavy atom. The third kappa shape index (κ3) is 8.50. The molecule has 3 N–H and O–H groups in total. The van der Waals surface area contributed by atoms with Crippen molar-refractivity contribution < 1.29 is 4.79 Å². The lowest BCUT2D eigenvalue weighted by atomic mass is 10.2. The summed E-state index contributed by atoms with van der Waals surface area (Å²) in [7, 11) is 1.76. The topological polar surface area (TPSA) is 65.5 Å². The predicted molar refractivity (Wildman–Crippen MR) is 124 cm³/mol. The lowest BCUT2D eigenvalue weighted by Gasteiger charge is -2.12. The van der Waals surface area contributed by atoms with Crippen LogP contribution in [-0.4, -0.2) is 38.5 Å². The average molecular weight is 551 g/mol. The Morgan fingerprint density at radius 1 is 1.12 bits per heavy atom. The minimum atomic E-state index is -0.0558. The number of halogens is 2. The maximum absolute atomic E-state index is 12.0. The van der Waals surface area contributed by atoms with Crippen molar-refractivity contribution in [3.63, 3.8) is 0 Å². The Labute approximate surface area is 184 Å². The van der Waals surface area contributed by atoms with Gasteiger partial charge in [0, 0.05) is 41.6 Å². The molecular weight excluding hydrogens is 527 g/mol. The van der Waals surface area contributed by atoms with E-state index >= 15 is 0 Å². The molecule has 2 aromatic rings. The van der Waals surface area contributed by atoms with Gasteiger partial charge in [-0.15, -0.1) is 35.3 Å². The molecule has 1 aromatic carbocycles. The third-order valence-corrected chi connectivity index (χ3v) is 4.92. The number of carbonyl (C=O) groups is 1. The second-order valence-corrected chi connectivity index (χ2v) is 7.32. The van der Waals surface area contributed by atoms with Crippen LogP contribution in [0.3, 0.4) is 0 Å². The van der Waals surface area contributed by atoms with Gasteiger partial charge in [0.05, 0.1) is 0 Å². The molecule has 26 heavy (non-hydrogen) atoms.